The first-order valence-electron chi connectivity index (χ1n) is 8.19. The van der Waals surface area contributed by atoms with Crippen LogP contribution in [0.5, 0.6) is 5.75 Å². The Morgan fingerprint density at radius 2 is 1.86 bits per heavy atom. The third-order valence-corrected chi connectivity index (χ3v) is 3.41. The van der Waals surface area contributed by atoms with Gasteiger partial charge >= 0.3 is 0 Å². The highest BCUT2D eigenvalue weighted by Crippen LogP contribution is 2.17. The number of para-hydroxylation sites is 1. The van der Waals surface area contributed by atoms with Crippen molar-refractivity contribution in [3.63, 3.8) is 0 Å². The summed E-state index contributed by atoms with van der Waals surface area (Å²) in [5, 5.41) is 3.45. The van der Waals surface area contributed by atoms with Crippen molar-refractivity contribution >= 4 is 0 Å². The molecule has 1 aromatic carbocycles. The Labute approximate surface area is 130 Å². The van der Waals surface area contributed by atoms with Crippen LogP contribution < -0.4 is 10.1 Å². The highest BCUT2D eigenvalue weighted by molar-refractivity contribution is 5.33. The molecule has 0 unspecified atom stereocenters. The van der Waals surface area contributed by atoms with E-state index in [1.54, 1.807) is 0 Å². The number of hydrogen-bond acceptors (Lipinski definition) is 3. The summed E-state index contributed by atoms with van der Waals surface area (Å²) >= 11 is 0. The van der Waals surface area contributed by atoms with E-state index < -0.39 is 0 Å². The highest BCUT2D eigenvalue weighted by atomic mass is 16.5. The summed E-state index contributed by atoms with van der Waals surface area (Å²) in [4.78, 5) is 2.44. The lowest BCUT2D eigenvalue weighted by molar-refractivity contribution is 0.199. The summed E-state index contributed by atoms with van der Waals surface area (Å²) in [6, 6.07) is 8.80. The average Bonchev–Trinajstić information content (AvgIpc) is 2.44. The number of nitrogens with one attached hydrogen (secondary N) is 1. The summed E-state index contributed by atoms with van der Waals surface area (Å²) < 4.78 is 6.00. The second-order valence-electron chi connectivity index (χ2n) is 6.28. The Morgan fingerprint density at radius 3 is 2.48 bits per heavy atom. The number of ether oxygens (including phenoxy) is 1. The molecular weight excluding hydrogens is 260 g/mol. The summed E-state index contributed by atoms with van der Waals surface area (Å²) in [5.41, 5.74) is 1.23. The molecule has 0 aliphatic carbocycles. The van der Waals surface area contributed by atoms with Crippen LogP contribution >= 0.6 is 0 Å². The molecule has 1 rings (SSSR count). The second-order valence-corrected chi connectivity index (χ2v) is 6.28. The Balaban J connectivity index is 2.47. The maximum Gasteiger partial charge on any atom is 0.123 e. The molecule has 0 radical (unpaired) electrons. The van der Waals surface area contributed by atoms with Crippen LogP contribution in [0.2, 0.25) is 0 Å². The van der Waals surface area contributed by atoms with E-state index in [0.717, 1.165) is 38.5 Å². The summed E-state index contributed by atoms with van der Waals surface area (Å²) in [5.74, 6) is 1.71. The molecule has 3 heteroatoms. The van der Waals surface area contributed by atoms with Gasteiger partial charge in [0.2, 0.25) is 0 Å². The monoisotopic (exact) mass is 292 g/mol. The number of rotatable bonds is 10. The lowest BCUT2D eigenvalue weighted by Gasteiger charge is -2.23. The van der Waals surface area contributed by atoms with Gasteiger partial charge in [0.05, 0.1) is 0 Å². The predicted octanol–water partition coefficient (Wildman–Crippen LogP) is 3.54. The summed E-state index contributed by atoms with van der Waals surface area (Å²) in [7, 11) is 0. The van der Waals surface area contributed by atoms with Crippen molar-refractivity contribution in [3.05, 3.63) is 29.8 Å². The third kappa shape index (κ3) is 7.49. The predicted molar refractivity (Wildman–Crippen MR) is 90.9 cm³/mol. The van der Waals surface area contributed by atoms with Gasteiger partial charge in [-0.2, -0.15) is 0 Å². The lowest BCUT2D eigenvalue weighted by atomic mass is 10.2. The maximum absolute atomic E-state index is 6.00. The van der Waals surface area contributed by atoms with Crippen molar-refractivity contribution in [2.45, 2.75) is 47.2 Å². The van der Waals surface area contributed by atoms with Gasteiger partial charge in [0.15, 0.2) is 0 Å². The van der Waals surface area contributed by atoms with Crippen LogP contribution in [0.3, 0.4) is 0 Å². The van der Waals surface area contributed by atoms with Gasteiger partial charge in [-0.05, 0) is 18.5 Å². The third-order valence-electron chi connectivity index (χ3n) is 3.41. The van der Waals surface area contributed by atoms with Gasteiger partial charge in [0.1, 0.15) is 12.4 Å². The first-order valence-corrected chi connectivity index (χ1v) is 8.19. The minimum absolute atomic E-state index is 0.486. The van der Waals surface area contributed by atoms with Gasteiger partial charge in [0, 0.05) is 31.2 Å². The quantitative estimate of drug-likeness (QED) is 0.714. The molecule has 1 aromatic rings. The van der Waals surface area contributed by atoms with Crippen LogP contribution in [-0.4, -0.2) is 37.2 Å². The molecule has 0 aliphatic rings. The fraction of sp³-hybridized carbons (Fsp3) is 0.667. The largest absolute Gasteiger partial charge is 0.492 e. The SMILES string of the molecule is CCN(CCOc1ccccc1CNC(C)C)CC(C)C. The van der Waals surface area contributed by atoms with Crippen LogP contribution in [0.4, 0.5) is 0 Å². The van der Waals surface area contributed by atoms with Gasteiger partial charge in [-0.25, -0.2) is 0 Å². The van der Waals surface area contributed by atoms with Gasteiger partial charge in [-0.1, -0.05) is 52.8 Å². The van der Waals surface area contributed by atoms with E-state index in [9.17, 15) is 0 Å². The average molecular weight is 292 g/mol. The Morgan fingerprint density at radius 1 is 1.14 bits per heavy atom. The zero-order chi connectivity index (χ0) is 15.7. The van der Waals surface area contributed by atoms with E-state index in [-0.39, 0.29) is 0 Å². The lowest BCUT2D eigenvalue weighted by Crippen LogP contribution is -2.31. The van der Waals surface area contributed by atoms with Crippen molar-refractivity contribution in [1.29, 1.82) is 0 Å². The van der Waals surface area contributed by atoms with Crippen LogP contribution in [0.15, 0.2) is 24.3 Å². The molecule has 0 heterocycles. The molecule has 0 spiro atoms. The molecule has 0 bridgehead atoms. The zero-order valence-corrected chi connectivity index (χ0v) is 14.4. The summed E-state index contributed by atoms with van der Waals surface area (Å²) in [6.45, 7) is 15.9. The van der Waals surface area contributed by atoms with Crippen molar-refractivity contribution in [3.8, 4) is 5.75 Å². The molecule has 0 aromatic heterocycles. The molecule has 0 amide bonds. The van der Waals surface area contributed by atoms with Crippen LogP contribution in [0.25, 0.3) is 0 Å². The maximum atomic E-state index is 6.00. The summed E-state index contributed by atoms with van der Waals surface area (Å²) in [6.07, 6.45) is 0. The van der Waals surface area contributed by atoms with E-state index in [2.05, 4.69) is 63.0 Å². The number of nitrogens with zero attached hydrogens (tertiary/aromatic N) is 1. The second kappa shape index (κ2) is 9.80. The Kier molecular flexibility index (Phi) is 8.40. The fourth-order valence-corrected chi connectivity index (χ4v) is 2.28. The zero-order valence-electron chi connectivity index (χ0n) is 14.4. The molecule has 21 heavy (non-hydrogen) atoms. The minimum atomic E-state index is 0.486. The smallest absolute Gasteiger partial charge is 0.123 e. The Bertz CT molecular complexity index is 391. The van der Waals surface area contributed by atoms with Gasteiger partial charge in [-0.3, -0.25) is 4.90 Å². The number of benzene rings is 1. The molecule has 120 valence electrons. The van der Waals surface area contributed by atoms with Crippen LogP contribution in [0, 0.1) is 5.92 Å². The molecule has 3 nitrogen and oxygen atoms in total. The van der Waals surface area contributed by atoms with E-state index in [4.69, 9.17) is 4.74 Å². The topological polar surface area (TPSA) is 24.5 Å². The first-order chi connectivity index (χ1) is 10.0. The first kappa shape index (κ1) is 18.0. The molecule has 0 atom stereocenters. The fourth-order valence-electron chi connectivity index (χ4n) is 2.28. The van der Waals surface area contributed by atoms with Crippen LogP contribution in [-0.2, 0) is 6.54 Å². The van der Waals surface area contributed by atoms with Crippen LogP contribution in [0.1, 0.15) is 40.2 Å². The molecule has 0 fully saturated rings. The van der Waals surface area contributed by atoms with Crippen molar-refractivity contribution in [2.75, 3.05) is 26.2 Å². The molecule has 0 aliphatic heterocycles. The normalized spacial score (nSPS) is 11.6. The Hall–Kier alpha value is -1.06. The van der Waals surface area contributed by atoms with Crippen molar-refractivity contribution < 1.29 is 4.74 Å². The van der Waals surface area contributed by atoms with E-state index >= 15 is 0 Å². The molecule has 0 saturated carbocycles. The van der Waals surface area contributed by atoms with Gasteiger partial charge in [0.25, 0.3) is 0 Å². The number of hydrogen-bond donors (Lipinski definition) is 1. The molecule has 0 saturated heterocycles. The van der Waals surface area contributed by atoms with Crippen molar-refractivity contribution in [2.24, 2.45) is 5.92 Å². The number of likely N-dealkylation sites (N-methyl/N-ethyl adjacent to an activating group) is 1. The van der Waals surface area contributed by atoms with E-state index in [1.165, 1.54) is 5.56 Å². The molecule has 1 N–H and O–H groups in total. The van der Waals surface area contributed by atoms with Crippen molar-refractivity contribution in [1.82, 2.24) is 10.2 Å². The standard InChI is InChI=1S/C18H32N2O/c1-6-20(14-15(2)3)11-12-21-18-10-8-7-9-17(18)13-19-16(4)5/h7-10,15-16,19H,6,11-14H2,1-5H3. The van der Waals surface area contributed by atoms with E-state index in [1.807, 2.05) is 6.07 Å². The van der Waals surface area contributed by atoms with E-state index in [0.29, 0.717) is 12.0 Å². The minimum Gasteiger partial charge on any atom is -0.492 e. The van der Waals surface area contributed by atoms with Gasteiger partial charge < -0.3 is 10.1 Å². The highest BCUT2D eigenvalue weighted by Gasteiger charge is 2.07. The van der Waals surface area contributed by atoms with Gasteiger partial charge in [-0.15, -0.1) is 0 Å². The molecular formula is C18H32N2O.